The maximum Gasteiger partial charge on any atom is 0.325 e. The molecule has 0 bridgehead atoms. The molecule has 0 aromatic carbocycles. The summed E-state index contributed by atoms with van der Waals surface area (Å²) in [6.07, 6.45) is 0.180. The highest BCUT2D eigenvalue weighted by Gasteiger charge is 2.32. The fourth-order valence-corrected chi connectivity index (χ4v) is 2.58. The number of hydrogen-bond donors (Lipinski definition) is 6. The quantitative estimate of drug-likeness (QED) is 0.224. The Morgan fingerprint density at radius 3 is 1.87 bits per heavy atom. The summed E-state index contributed by atoms with van der Waals surface area (Å²) in [7, 11) is 0. The lowest BCUT2D eigenvalue weighted by molar-refractivity contribution is -0.142. The van der Waals surface area contributed by atoms with E-state index in [0.29, 0.717) is 6.42 Å². The first-order valence-electron chi connectivity index (χ1n) is 9.91. The third-order valence-corrected chi connectivity index (χ3v) is 4.59. The van der Waals surface area contributed by atoms with Gasteiger partial charge in [-0.3, -0.25) is 24.0 Å². The molecule has 0 saturated carbocycles. The Balaban J connectivity index is 5.42. The van der Waals surface area contributed by atoms with Gasteiger partial charge in [0, 0.05) is 0 Å². The van der Waals surface area contributed by atoms with E-state index in [1.54, 1.807) is 13.8 Å². The highest BCUT2D eigenvalue weighted by molar-refractivity contribution is 5.94. The van der Waals surface area contributed by atoms with Gasteiger partial charge in [-0.15, -0.1) is 0 Å². The lowest BCUT2D eigenvalue weighted by Crippen LogP contribution is -2.58. The maximum absolute atomic E-state index is 12.9. The van der Waals surface area contributed by atoms with Gasteiger partial charge in [-0.2, -0.15) is 0 Å². The molecule has 0 aromatic rings. The van der Waals surface area contributed by atoms with Gasteiger partial charge in [-0.05, 0) is 25.2 Å². The van der Waals surface area contributed by atoms with E-state index < -0.39 is 60.2 Å². The number of nitrogens with two attached hydrogens (primary N) is 1. The number of amides is 3. The van der Waals surface area contributed by atoms with Gasteiger partial charge < -0.3 is 31.9 Å². The van der Waals surface area contributed by atoms with E-state index in [4.69, 9.17) is 15.9 Å². The van der Waals surface area contributed by atoms with Gasteiger partial charge in [0.25, 0.3) is 0 Å². The van der Waals surface area contributed by atoms with Crippen LogP contribution in [0.3, 0.4) is 0 Å². The Hall–Kier alpha value is -2.69. The van der Waals surface area contributed by atoms with Crippen molar-refractivity contribution in [1.82, 2.24) is 16.0 Å². The largest absolute Gasteiger partial charge is 0.481 e. The zero-order valence-electron chi connectivity index (χ0n) is 18.1. The summed E-state index contributed by atoms with van der Waals surface area (Å²) in [5, 5.41) is 25.1. The van der Waals surface area contributed by atoms with Crippen LogP contribution in [0.5, 0.6) is 0 Å². The van der Waals surface area contributed by atoms with Crippen LogP contribution in [0.2, 0.25) is 0 Å². The Kier molecular flexibility index (Phi) is 11.6. The minimum atomic E-state index is -1.33. The van der Waals surface area contributed by atoms with E-state index in [2.05, 4.69) is 16.0 Å². The molecule has 0 unspecified atom stereocenters. The Labute approximate surface area is 176 Å². The average Bonchev–Trinajstić information content (AvgIpc) is 2.63. The van der Waals surface area contributed by atoms with Crippen molar-refractivity contribution in [3.05, 3.63) is 0 Å². The van der Waals surface area contributed by atoms with Gasteiger partial charge >= 0.3 is 11.9 Å². The van der Waals surface area contributed by atoms with E-state index in [9.17, 15) is 24.0 Å². The summed E-state index contributed by atoms with van der Waals surface area (Å²) >= 11 is 0. The molecular formula is C19H34N4O7. The molecule has 0 heterocycles. The number of carboxylic acid groups (broad SMARTS) is 2. The zero-order chi connectivity index (χ0) is 23.6. The zero-order valence-corrected chi connectivity index (χ0v) is 18.1. The van der Waals surface area contributed by atoms with Crippen LogP contribution in [0.4, 0.5) is 0 Å². The number of carboxylic acids is 2. The minimum absolute atomic E-state index is 0.0156. The van der Waals surface area contributed by atoms with E-state index in [1.807, 2.05) is 13.8 Å². The van der Waals surface area contributed by atoms with Crippen molar-refractivity contribution >= 4 is 29.7 Å². The topological polar surface area (TPSA) is 188 Å². The summed E-state index contributed by atoms with van der Waals surface area (Å²) < 4.78 is 0. The molecule has 0 aromatic heterocycles. The molecule has 0 aliphatic heterocycles. The number of rotatable bonds is 13. The van der Waals surface area contributed by atoms with Crippen LogP contribution in [-0.2, 0) is 24.0 Å². The van der Waals surface area contributed by atoms with Crippen molar-refractivity contribution in [2.45, 2.75) is 78.0 Å². The van der Waals surface area contributed by atoms with Crippen LogP contribution in [-0.4, -0.2) is 64.0 Å². The summed E-state index contributed by atoms with van der Waals surface area (Å²) in [6.45, 7) is 8.51. The van der Waals surface area contributed by atoms with E-state index in [1.165, 1.54) is 6.92 Å². The summed E-state index contributed by atoms with van der Waals surface area (Å²) in [5.41, 5.74) is 5.56. The van der Waals surface area contributed by atoms with Crippen molar-refractivity contribution in [3.8, 4) is 0 Å². The first-order valence-corrected chi connectivity index (χ1v) is 9.91. The van der Waals surface area contributed by atoms with Gasteiger partial charge in [-0.25, -0.2) is 0 Å². The molecule has 5 atom stereocenters. The molecule has 0 fully saturated rings. The Morgan fingerprint density at radius 2 is 1.43 bits per heavy atom. The number of hydrogen-bond acceptors (Lipinski definition) is 6. The van der Waals surface area contributed by atoms with E-state index in [-0.39, 0.29) is 18.3 Å². The minimum Gasteiger partial charge on any atom is -0.481 e. The number of nitrogens with one attached hydrogen (secondary N) is 3. The van der Waals surface area contributed by atoms with Gasteiger partial charge in [0.15, 0.2) is 0 Å². The molecule has 11 heteroatoms. The second-order valence-electron chi connectivity index (χ2n) is 7.84. The van der Waals surface area contributed by atoms with Crippen LogP contribution in [0.1, 0.15) is 53.9 Å². The molecule has 11 nitrogen and oxygen atoms in total. The number of carbonyl (C=O) groups is 5. The van der Waals surface area contributed by atoms with Crippen molar-refractivity contribution in [1.29, 1.82) is 0 Å². The maximum atomic E-state index is 12.9. The Morgan fingerprint density at radius 1 is 0.867 bits per heavy atom. The van der Waals surface area contributed by atoms with Crippen LogP contribution in [0.15, 0.2) is 0 Å². The lowest BCUT2D eigenvalue weighted by Gasteiger charge is -2.28. The summed E-state index contributed by atoms with van der Waals surface area (Å²) in [4.78, 5) is 59.3. The molecular weight excluding hydrogens is 396 g/mol. The Bertz CT molecular complexity index is 638. The first kappa shape index (κ1) is 27.3. The van der Waals surface area contributed by atoms with Crippen LogP contribution >= 0.6 is 0 Å². The fourth-order valence-electron chi connectivity index (χ4n) is 2.58. The van der Waals surface area contributed by atoms with Gasteiger partial charge in [-0.1, -0.05) is 34.1 Å². The highest BCUT2D eigenvalue weighted by Crippen LogP contribution is 2.11. The average molecular weight is 431 g/mol. The van der Waals surface area contributed by atoms with E-state index in [0.717, 1.165) is 0 Å². The second-order valence-corrected chi connectivity index (χ2v) is 7.84. The first-order chi connectivity index (χ1) is 13.8. The SMILES string of the molecule is CC[C@H](C)[C@H](NC(=O)[C@@H](N)CC(=O)O)C(=O)N[C@@H](CC(C)C)C(=O)N[C@@H](C)C(=O)O. The fraction of sp³-hybridized carbons (Fsp3) is 0.737. The number of aliphatic carboxylic acids is 2. The van der Waals surface area contributed by atoms with Gasteiger partial charge in [0.1, 0.15) is 18.1 Å². The second kappa shape index (κ2) is 12.8. The standard InChI is InChI=1S/C19H34N4O7/c1-6-10(4)15(23-16(26)12(20)8-14(24)25)18(28)22-13(7-9(2)3)17(27)21-11(5)19(29)30/h9-13,15H,6-8,20H2,1-5H3,(H,21,27)(H,22,28)(H,23,26)(H,24,25)(H,29,30)/t10-,11-,12-,13-,15-/m0/s1. The number of carbonyl (C=O) groups excluding carboxylic acids is 3. The molecule has 172 valence electrons. The van der Waals surface area contributed by atoms with Crippen LogP contribution < -0.4 is 21.7 Å². The molecule has 0 aliphatic rings. The van der Waals surface area contributed by atoms with Crippen LogP contribution in [0, 0.1) is 11.8 Å². The molecule has 0 saturated heterocycles. The smallest absolute Gasteiger partial charge is 0.325 e. The molecule has 0 spiro atoms. The third-order valence-electron chi connectivity index (χ3n) is 4.59. The predicted octanol–water partition coefficient (Wildman–Crippen LogP) is -0.560. The lowest BCUT2D eigenvalue weighted by atomic mass is 9.96. The monoisotopic (exact) mass is 430 g/mol. The third kappa shape index (κ3) is 9.68. The van der Waals surface area contributed by atoms with Crippen molar-refractivity contribution in [2.24, 2.45) is 17.6 Å². The highest BCUT2D eigenvalue weighted by atomic mass is 16.4. The van der Waals surface area contributed by atoms with Crippen molar-refractivity contribution < 1.29 is 34.2 Å². The molecule has 0 rings (SSSR count). The summed E-state index contributed by atoms with van der Waals surface area (Å²) in [6, 6.07) is -4.51. The van der Waals surface area contributed by atoms with Crippen molar-refractivity contribution in [3.63, 3.8) is 0 Å². The normalized spacial score (nSPS) is 16.0. The predicted molar refractivity (Wildman–Crippen MR) is 108 cm³/mol. The molecule has 30 heavy (non-hydrogen) atoms. The van der Waals surface area contributed by atoms with Crippen LogP contribution in [0.25, 0.3) is 0 Å². The molecule has 0 radical (unpaired) electrons. The van der Waals surface area contributed by atoms with E-state index >= 15 is 0 Å². The van der Waals surface area contributed by atoms with Gasteiger partial charge in [0.2, 0.25) is 17.7 Å². The van der Waals surface area contributed by atoms with Gasteiger partial charge in [0.05, 0.1) is 12.5 Å². The van der Waals surface area contributed by atoms with Crippen molar-refractivity contribution in [2.75, 3.05) is 0 Å². The molecule has 7 N–H and O–H groups in total. The summed E-state index contributed by atoms with van der Waals surface area (Å²) in [5.74, 6) is -4.85. The molecule has 3 amide bonds. The molecule has 0 aliphatic carbocycles.